The molecule has 3 aliphatic carbocycles. The van der Waals surface area contributed by atoms with Crippen LogP contribution in [-0.2, 0) is 19.2 Å². The summed E-state index contributed by atoms with van der Waals surface area (Å²) in [6, 6.07) is 9.07. The minimum absolute atomic E-state index is 0.0472. The molecule has 208 valence electrons. The molecule has 1 aliphatic heterocycles. The van der Waals surface area contributed by atoms with Crippen molar-refractivity contribution in [1.29, 1.82) is 0 Å². The number of aromatic hydroxyl groups is 1. The van der Waals surface area contributed by atoms with E-state index < -0.39 is 41.5 Å². The number of hydrogen-bond acceptors (Lipinski definition) is 7. The van der Waals surface area contributed by atoms with Gasteiger partial charge in [-0.15, -0.1) is 0 Å². The molecule has 4 aliphatic rings. The number of rotatable bonds is 4. The average Bonchev–Trinajstić information content (AvgIpc) is 3.21. The van der Waals surface area contributed by atoms with Gasteiger partial charge in [-0.05, 0) is 90.2 Å². The number of ketones is 2. The van der Waals surface area contributed by atoms with Crippen molar-refractivity contribution in [2.24, 2.45) is 17.8 Å². The Hall–Kier alpha value is -4.06. The van der Waals surface area contributed by atoms with E-state index in [9.17, 15) is 34.2 Å². The summed E-state index contributed by atoms with van der Waals surface area (Å²) in [7, 11) is 1.42. The first-order chi connectivity index (χ1) is 19.5. The molecule has 1 saturated heterocycles. The summed E-state index contributed by atoms with van der Waals surface area (Å²) >= 11 is 1.97. The number of phenols is 1. The molecule has 1 fully saturated rings. The van der Waals surface area contributed by atoms with Crippen LogP contribution in [0.25, 0.3) is 0 Å². The van der Waals surface area contributed by atoms with E-state index in [2.05, 4.69) is 0 Å². The number of benzene rings is 2. The molecule has 2 aromatic rings. The van der Waals surface area contributed by atoms with Gasteiger partial charge < -0.3 is 14.9 Å². The van der Waals surface area contributed by atoms with Gasteiger partial charge in [0, 0.05) is 22.6 Å². The van der Waals surface area contributed by atoms with E-state index in [1.807, 2.05) is 28.7 Å². The monoisotopic (exact) mass is 665 g/mol. The van der Waals surface area contributed by atoms with Gasteiger partial charge in [-0.25, -0.2) is 4.79 Å². The maximum absolute atomic E-state index is 14.0. The maximum atomic E-state index is 14.0. The minimum atomic E-state index is -1.18. The van der Waals surface area contributed by atoms with Gasteiger partial charge in [0.2, 0.25) is 11.8 Å². The van der Waals surface area contributed by atoms with Crippen LogP contribution in [0.5, 0.6) is 11.5 Å². The highest BCUT2D eigenvalue weighted by atomic mass is 127. The number of halogens is 1. The van der Waals surface area contributed by atoms with Crippen molar-refractivity contribution in [2.75, 3.05) is 12.0 Å². The van der Waals surface area contributed by atoms with E-state index in [1.165, 1.54) is 37.5 Å². The summed E-state index contributed by atoms with van der Waals surface area (Å²) in [6.07, 6.45) is 3.60. The highest BCUT2D eigenvalue weighted by molar-refractivity contribution is 14.1. The average molecular weight is 665 g/mol. The molecule has 0 radical (unpaired) electrons. The number of ether oxygens (including phenoxy) is 1. The molecule has 0 saturated carbocycles. The fourth-order valence-electron chi connectivity index (χ4n) is 6.69. The second kappa shape index (κ2) is 9.79. The molecule has 2 aromatic carbocycles. The van der Waals surface area contributed by atoms with Crippen LogP contribution in [0.4, 0.5) is 5.69 Å². The van der Waals surface area contributed by atoms with Crippen molar-refractivity contribution >= 4 is 57.6 Å². The highest BCUT2D eigenvalue weighted by Crippen LogP contribution is 2.56. The van der Waals surface area contributed by atoms with Crippen LogP contribution in [0.3, 0.4) is 0 Å². The van der Waals surface area contributed by atoms with Crippen LogP contribution >= 0.6 is 22.6 Å². The molecule has 2 N–H and O–H groups in total. The normalized spacial score (nSPS) is 25.4. The highest BCUT2D eigenvalue weighted by Gasteiger charge is 2.56. The summed E-state index contributed by atoms with van der Waals surface area (Å²) in [5.41, 5.74) is 2.53. The van der Waals surface area contributed by atoms with Crippen LogP contribution in [0, 0.1) is 21.3 Å². The van der Waals surface area contributed by atoms with Crippen molar-refractivity contribution in [3.8, 4) is 11.5 Å². The van der Waals surface area contributed by atoms with Crippen LogP contribution in [0.15, 0.2) is 70.8 Å². The molecule has 0 spiro atoms. The molecule has 41 heavy (non-hydrogen) atoms. The third kappa shape index (κ3) is 4.06. The predicted molar refractivity (Wildman–Crippen MR) is 155 cm³/mol. The van der Waals surface area contributed by atoms with Gasteiger partial charge >= 0.3 is 5.97 Å². The molecule has 2 amide bonds. The number of amides is 2. The van der Waals surface area contributed by atoms with Crippen LogP contribution in [-0.4, -0.2) is 46.7 Å². The minimum Gasteiger partial charge on any atom is -0.504 e. The molecule has 0 aromatic heterocycles. The van der Waals surface area contributed by atoms with Crippen molar-refractivity contribution < 1.29 is 38.9 Å². The lowest BCUT2D eigenvalue weighted by atomic mass is 9.59. The Morgan fingerprint density at radius 2 is 1.83 bits per heavy atom. The SMILES string of the molecule is COc1cc(C2C3=CCC4C(=O)N(c5cccc(C(=O)O)c5)C(=O)C4C3CC3=C2C(=O)C(C)=CC3=O)cc(I)c1O. The lowest BCUT2D eigenvalue weighted by Crippen LogP contribution is -2.39. The Labute approximate surface area is 248 Å². The molecule has 9 nitrogen and oxygen atoms in total. The van der Waals surface area contributed by atoms with Crippen molar-refractivity contribution in [3.05, 3.63) is 85.5 Å². The van der Waals surface area contributed by atoms with Gasteiger partial charge in [0.15, 0.2) is 23.1 Å². The number of phenolic OH excluding ortho intramolecular Hbond substituents is 1. The lowest BCUT2D eigenvalue weighted by Gasteiger charge is -2.42. The van der Waals surface area contributed by atoms with E-state index in [0.29, 0.717) is 25.9 Å². The fourth-order valence-corrected chi connectivity index (χ4v) is 7.31. The second-order valence-corrected chi connectivity index (χ2v) is 11.8. The molecular formula is C31H24INO8. The Morgan fingerprint density at radius 3 is 2.54 bits per heavy atom. The first-order valence-corrected chi connectivity index (χ1v) is 14.1. The third-order valence-electron chi connectivity index (χ3n) is 8.52. The lowest BCUT2D eigenvalue weighted by molar-refractivity contribution is -0.123. The smallest absolute Gasteiger partial charge is 0.335 e. The summed E-state index contributed by atoms with van der Waals surface area (Å²) in [4.78, 5) is 67.1. The van der Waals surface area contributed by atoms with E-state index in [0.717, 1.165) is 10.5 Å². The van der Waals surface area contributed by atoms with Gasteiger partial charge in [-0.2, -0.15) is 0 Å². The molecule has 0 bridgehead atoms. The number of nitrogens with zero attached hydrogens (tertiary/aromatic N) is 1. The largest absolute Gasteiger partial charge is 0.504 e. The summed E-state index contributed by atoms with van der Waals surface area (Å²) in [6.45, 7) is 1.60. The number of carbonyl (C=O) groups is 5. The number of allylic oxidation sites excluding steroid dienone is 6. The van der Waals surface area contributed by atoms with Crippen LogP contribution in [0.2, 0.25) is 0 Å². The number of fused-ring (bicyclic) bond motifs is 3. The third-order valence-corrected chi connectivity index (χ3v) is 9.34. The predicted octanol–water partition coefficient (Wildman–Crippen LogP) is 4.34. The van der Waals surface area contributed by atoms with Crippen molar-refractivity contribution in [2.45, 2.75) is 25.7 Å². The van der Waals surface area contributed by atoms with Crippen LogP contribution in [0.1, 0.15) is 41.6 Å². The second-order valence-electron chi connectivity index (χ2n) is 10.6. The number of hydrogen-bond donors (Lipinski definition) is 2. The van der Waals surface area contributed by atoms with Gasteiger partial charge in [0.05, 0.1) is 33.8 Å². The van der Waals surface area contributed by atoms with E-state index in [1.54, 1.807) is 19.1 Å². The van der Waals surface area contributed by atoms with Crippen LogP contribution < -0.4 is 9.64 Å². The number of carboxylic acids is 1. The number of carbonyl (C=O) groups excluding carboxylic acids is 4. The number of imide groups is 1. The number of anilines is 1. The first-order valence-electron chi connectivity index (χ1n) is 13.0. The Balaban J connectivity index is 1.49. The Morgan fingerprint density at radius 1 is 1.07 bits per heavy atom. The molecular weight excluding hydrogens is 641 g/mol. The zero-order valence-corrected chi connectivity index (χ0v) is 24.2. The van der Waals surface area contributed by atoms with Crippen molar-refractivity contribution in [1.82, 2.24) is 0 Å². The van der Waals surface area contributed by atoms with E-state index >= 15 is 0 Å². The summed E-state index contributed by atoms with van der Waals surface area (Å²) < 4.78 is 5.88. The number of carboxylic acid groups (broad SMARTS) is 1. The zero-order valence-electron chi connectivity index (χ0n) is 22.0. The summed E-state index contributed by atoms with van der Waals surface area (Å²) in [5.74, 6) is -5.14. The maximum Gasteiger partial charge on any atom is 0.335 e. The Kier molecular flexibility index (Phi) is 6.48. The zero-order chi connectivity index (χ0) is 29.3. The van der Waals surface area contributed by atoms with Gasteiger partial charge in [0.25, 0.3) is 0 Å². The Bertz CT molecular complexity index is 1700. The fraction of sp³-hybridized carbons (Fsp3) is 0.258. The van der Waals surface area contributed by atoms with Crippen molar-refractivity contribution in [3.63, 3.8) is 0 Å². The molecule has 4 unspecified atom stereocenters. The molecule has 10 heteroatoms. The van der Waals surface area contributed by atoms with Gasteiger partial charge in [-0.3, -0.25) is 24.1 Å². The first kappa shape index (κ1) is 27.1. The molecule has 6 rings (SSSR count). The van der Waals surface area contributed by atoms with E-state index in [-0.39, 0.29) is 47.2 Å². The summed E-state index contributed by atoms with van der Waals surface area (Å²) in [5, 5.41) is 19.9. The van der Waals surface area contributed by atoms with Gasteiger partial charge in [0.1, 0.15) is 0 Å². The molecule has 1 heterocycles. The number of methoxy groups -OCH3 is 1. The standard InChI is InChI=1S/C31H24INO8/c1-13-8-22(34)20-12-19-17(24(26(20)27(13)35)15-10-21(32)28(36)23(11-15)41-2)6-7-18-25(19)30(38)33(29(18)37)16-5-3-4-14(9-16)31(39)40/h3-6,8-11,18-19,24-25,36H,7,12H2,1-2H3,(H,39,40). The van der Waals surface area contributed by atoms with E-state index in [4.69, 9.17) is 4.74 Å². The quantitative estimate of drug-likeness (QED) is 0.213. The van der Waals surface area contributed by atoms with Gasteiger partial charge in [-0.1, -0.05) is 17.7 Å². The molecule has 4 atom stereocenters. The topological polar surface area (TPSA) is 138 Å². The number of aromatic carboxylic acids is 1. The number of Topliss-reactive ketones (excluding diaryl/α,β-unsaturated/α-hetero) is 1.